The predicted octanol–water partition coefficient (Wildman–Crippen LogP) is 4.65. The summed E-state index contributed by atoms with van der Waals surface area (Å²) in [5.41, 5.74) is 2.95. The number of nitrogens with zero attached hydrogens (tertiary/aromatic N) is 2. The Morgan fingerprint density at radius 3 is 2.62 bits per heavy atom. The van der Waals surface area contributed by atoms with Gasteiger partial charge in [-0.2, -0.15) is 0 Å². The molecule has 1 heterocycles. The molecule has 0 fully saturated rings. The third kappa shape index (κ3) is 6.08. The van der Waals surface area contributed by atoms with Crippen molar-refractivity contribution in [2.75, 3.05) is 13.7 Å². The van der Waals surface area contributed by atoms with Gasteiger partial charge < -0.3 is 14.5 Å². The molecule has 1 amide bonds. The van der Waals surface area contributed by atoms with Gasteiger partial charge in [0.05, 0.1) is 19.4 Å². The molecule has 1 atom stereocenters. The van der Waals surface area contributed by atoms with E-state index in [0.29, 0.717) is 25.9 Å². The molecule has 0 saturated heterocycles. The van der Waals surface area contributed by atoms with Gasteiger partial charge in [0.15, 0.2) is 6.10 Å². The van der Waals surface area contributed by atoms with Crippen LogP contribution in [0.5, 0.6) is 5.75 Å². The van der Waals surface area contributed by atoms with Gasteiger partial charge in [-0.15, -0.1) is 0 Å². The van der Waals surface area contributed by atoms with Gasteiger partial charge in [0.25, 0.3) is 0 Å². The molecule has 0 saturated carbocycles. The van der Waals surface area contributed by atoms with Gasteiger partial charge in [0, 0.05) is 19.4 Å². The van der Waals surface area contributed by atoms with Crippen molar-refractivity contribution in [3.8, 4) is 5.75 Å². The maximum atomic E-state index is 13.1. The largest absolute Gasteiger partial charge is 0.497 e. The van der Waals surface area contributed by atoms with Crippen LogP contribution in [-0.2, 0) is 16.2 Å². The molecular weight excluding hydrogens is 364 g/mol. The lowest BCUT2D eigenvalue weighted by molar-refractivity contribution is -0.135. The van der Waals surface area contributed by atoms with Crippen LogP contribution in [0, 0.1) is 5.41 Å². The van der Waals surface area contributed by atoms with E-state index in [1.165, 1.54) is 0 Å². The second-order valence-corrected chi connectivity index (χ2v) is 8.70. The average molecular weight is 395 g/mol. The molecule has 1 aliphatic rings. The summed E-state index contributed by atoms with van der Waals surface area (Å²) in [4.78, 5) is 20.6. The highest BCUT2D eigenvalue weighted by atomic mass is 16.6. The van der Waals surface area contributed by atoms with Gasteiger partial charge in [0.1, 0.15) is 5.75 Å². The number of hydrogen-bond donors (Lipinski definition) is 0. The van der Waals surface area contributed by atoms with Crippen LogP contribution in [0.3, 0.4) is 0 Å². The zero-order chi connectivity index (χ0) is 20.9. The SMILES string of the molecule is COc1cccc(CN(C[C@@H]2CC(c3ccccc3)=NO2)C(=O)CC(C)(C)C)c1. The molecular formula is C24H30N2O3. The van der Waals surface area contributed by atoms with Crippen LogP contribution in [0.15, 0.2) is 59.8 Å². The van der Waals surface area contributed by atoms with Crippen LogP contribution in [0.1, 0.15) is 44.7 Å². The number of carbonyl (C=O) groups is 1. The second kappa shape index (κ2) is 9.12. The zero-order valence-corrected chi connectivity index (χ0v) is 17.7. The number of hydrogen-bond acceptors (Lipinski definition) is 4. The third-order valence-electron chi connectivity index (χ3n) is 4.81. The summed E-state index contributed by atoms with van der Waals surface area (Å²) in [6, 6.07) is 17.9. The lowest BCUT2D eigenvalue weighted by Gasteiger charge is -2.28. The van der Waals surface area contributed by atoms with E-state index in [-0.39, 0.29) is 17.4 Å². The van der Waals surface area contributed by atoms with E-state index < -0.39 is 0 Å². The summed E-state index contributed by atoms with van der Waals surface area (Å²) in [5, 5.41) is 4.27. The molecule has 0 bridgehead atoms. The van der Waals surface area contributed by atoms with Gasteiger partial charge in [-0.1, -0.05) is 68.4 Å². The van der Waals surface area contributed by atoms with Crippen molar-refractivity contribution in [2.24, 2.45) is 10.6 Å². The van der Waals surface area contributed by atoms with Crippen molar-refractivity contribution >= 4 is 11.6 Å². The van der Waals surface area contributed by atoms with Gasteiger partial charge >= 0.3 is 0 Å². The van der Waals surface area contributed by atoms with E-state index in [1.807, 2.05) is 59.5 Å². The summed E-state index contributed by atoms with van der Waals surface area (Å²) in [6.07, 6.45) is 1.04. The Bertz CT molecular complexity index is 856. The van der Waals surface area contributed by atoms with Crippen LogP contribution in [0.4, 0.5) is 0 Å². The number of carbonyl (C=O) groups excluding carboxylic acids is 1. The number of methoxy groups -OCH3 is 1. The molecule has 2 aromatic rings. The second-order valence-electron chi connectivity index (χ2n) is 8.70. The van der Waals surface area contributed by atoms with Crippen LogP contribution in [0.2, 0.25) is 0 Å². The summed E-state index contributed by atoms with van der Waals surface area (Å²) in [7, 11) is 1.65. The topological polar surface area (TPSA) is 51.1 Å². The van der Waals surface area contributed by atoms with Crippen LogP contribution >= 0.6 is 0 Å². The van der Waals surface area contributed by atoms with Crippen molar-refractivity contribution in [3.05, 3.63) is 65.7 Å². The fourth-order valence-electron chi connectivity index (χ4n) is 3.38. The molecule has 0 aromatic heterocycles. The standard InChI is InChI=1S/C24H30N2O3/c1-24(2,3)15-23(27)26(16-18-9-8-12-20(13-18)28-4)17-21-14-22(25-29-21)19-10-6-5-7-11-19/h5-13,21H,14-17H2,1-4H3/t21-/m0/s1. The third-order valence-corrected chi connectivity index (χ3v) is 4.81. The van der Waals surface area contributed by atoms with Gasteiger partial charge in [-0.25, -0.2) is 0 Å². The molecule has 3 rings (SSSR count). The Morgan fingerprint density at radius 2 is 1.93 bits per heavy atom. The number of amides is 1. The van der Waals surface area contributed by atoms with E-state index in [2.05, 4.69) is 25.9 Å². The highest BCUT2D eigenvalue weighted by Crippen LogP contribution is 2.24. The van der Waals surface area contributed by atoms with E-state index in [9.17, 15) is 4.79 Å². The number of oxime groups is 1. The normalized spacial score (nSPS) is 16.1. The van der Waals surface area contributed by atoms with Gasteiger partial charge in [-0.3, -0.25) is 4.79 Å². The first-order valence-corrected chi connectivity index (χ1v) is 10.0. The van der Waals surface area contributed by atoms with E-state index in [0.717, 1.165) is 22.6 Å². The maximum Gasteiger partial charge on any atom is 0.223 e. The maximum absolute atomic E-state index is 13.1. The number of rotatable bonds is 7. The quantitative estimate of drug-likeness (QED) is 0.687. The van der Waals surface area contributed by atoms with Gasteiger partial charge in [0.2, 0.25) is 5.91 Å². The van der Waals surface area contributed by atoms with Crippen molar-refractivity contribution in [2.45, 2.75) is 46.3 Å². The fourth-order valence-corrected chi connectivity index (χ4v) is 3.38. The molecule has 1 aliphatic heterocycles. The minimum Gasteiger partial charge on any atom is -0.497 e. The summed E-state index contributed by atoms with van der Waals surface area (Å²) < 4.78 is 5.33. The number of ether oxygens (including phenoxy) is 1. The molecule has 0 aliphatic carbocycles. The smallest absolute Gasteiger partial charge is 0.223 e. The summed E-state index contributed by atoms with van der Waals surface area (Å²) in [5.74, 6) is 0.912. The molecule has 0 spiro atoms. The molecule has 0 radical (unpaired) electrons. The van der Waals surface area contributed by atoms with Crippen molar-refractivity contribution in [1.29, 1.82) is 0 Å². The highest BCUT2D eigenvalue weighted by molar-refractivity contribution is 6.01. The molecule has 5 nitrogen and oxygen atoms in total. The van der Waals surface area contributed by atoms with Crippen molar-refractivity contribution in [3.63, 3.8) is 0 Å². The van der Waals surface area contributed by atoms with Gasteiger partial charge in [-0.05, 0) is 28.7 Å². The van der Waals surface area contributed by atoms with Crippen LogP contribution in [0.25, 0.3) is 0 Å². The zero-order valence-electron chi connectivity index (χ0n) is 17.7. The van der Waals surface area contributed by atoms with E-state index in [4.69, 9.17) is 9.57 Å². The summed E-state index contributed by atoms with van der Waals surface area (Å²) in [6.45, 7) is 7.27. The monoisotopic (exact) mass is 394 g/mol. The van der Waals surface area contributed by atoms with Crippen LogP contribution < -0.4 is 4.74 Å². The summed E-state index contributed by atoms with van der Waals surface area (Å²) >= 11 is 0. The highest BCUT2D eigenvalue weighted by Gasteiger charge is 2.28. The molecule has 154 valence electrons. The minimum atomic E-state index is -0.139. The van der Waals surface area contributed by atoms with E-state index >= 15 is 0 Å². The van der Waals surface area contributed by atoms with Crippen LogP contribution in [-0.4, -0.2) is 36.3 Å². The first kappa shape index (κ1) is 20.9. The van der Waals surface area contributed by atoms with Crippen molar-refractivity contribution in [1.82, 2.24) is 4.90 Å². The Kier molecular flexibility index (Phi) is 6.57. The minimum absolute atomic E-state index is 0.0774. The average Bonchev–Trinajstić information content (AvgIpc) is 3.16. The lowest BCUT2D eigenvalue weighted by atomic mass is 9.91. The Balaban J connectivity index is 1.70. The van der Waals surface area contributed by atoms with E-state index in [1.54, 1.807) is 7.11 Å². The van der Waals surface area contributed by atoms with Crippen molar-refractivity contribution < 1.29 is 14.4 Å². The molecule has 5 heteroatoms. The molecule has 0 unspecified atom stereocenters. The first-order valence-electron chi connectivity index (χ1n) is 10.0. The lowest BCUT2D eigenvalue weighted by Crippen LogP contribution is -2.38. The predicted molar refractivity (Wildman–Crippen MR) is 115 cm³/mol. The number of benzene rings is 2. The molecule has 29 heavy (non-hydrogen) atoms. The Morgan fingerprint density at radius 1 is 1.17 bits per heavy atom. The molecule has 2 aromatic carbocycles. The Hall–Kier alpha value is -2.82. The molecule has 0 N–H and O–H groups in total. The first-order chi connectivity index (χ1) is 13.8. The fraction of sp³-hybridized carbons (Fsp3) is 0.417. The Labute approximate surface area is 173 Å².